The summed E-state index contributed by atoms with van der Waals surface area (Å²) in [7, 11) is 4.07. The van der Waals surface area contributed by atoms with Gasteiger partial charge >= 0.3 is 0 Å². The molecule has 1 aromatic rings. The van der Waals surface area contributed by atoms with Crippen LogP contribution in [0.5, 0.6) is 5.75 Å². The summed E-state index contributed by atoms with van der Waals surface area (Å²) in [6, 6.07) is 8.20. The summed E-state index contributed by atoms with van der Waals surface area (Å²) in [5.74, 6) is 0.949. The fourth-order valence-corrected chi connectivity index (χ4v) is 1.65. The molecule has 0 atom stereocenters. The maximum absolute atomic E-state index is 5.89. The lowest BCUT2D eigenvalue weighted by Crippen LogP contribution is -2.60. The molecule has 0 unspecified atom stereocenters. The molecule has 2 rings (SSSR count). The fraction of sp³-hybridized carbons (Fsp3) is 0.500. The quantitative estimate of drug-likeness (QED) is 0.811. The molecule has 1 aromatic carbocycles. The third-order valence-electron chi connectivity index (χ3n) is 2.72. The van der Waals surface area contributed by atoms with Crippen LogP contribution in [0, 0.1) is 0 Å². The van der Waals surface area contributed by atoms with Crippen LogP contribution in [0.2, 0.25) is 0 Å². The Morgan fingerprint density at radius 1 is 1.20 bits per heavy atom. The summed E-state index contributed by atoms with van der Waals surface area (Å²) in [6.45, 7) is 3.99. The third-order valence-corrected chi connectivity index (χ3v) is 2.72. The molecule has 3 nitrogen and oxygen atoms in total. The SMILES string of the molecule is CN(C)c1ccc(OC2(C)CNC2)cc1. The minimum absolute atomic E-state index is 0.0143. The lowest BCUT2D eigenvalue weighted by atomic mass is 10.00. The molecular formula is C12H18N2O. The van der Waals surface area contributed by atoms with Crippen LogP contribution in [0.15, 0.2) is 24.3 Å². The summed E-state index contributed by atoms with van der Waals surface area (Å²) in [5.41, 5.74) is 1.18. The predicted molar refractivity (Wildman–Crippen MR) is 62.7 cm³/mol. The largest absolute Gasteiger partial charge is 0.485 e. The summed E-state index contributed by atoms with van der Waals surface area (Å²) in [5, 5.41) is 3.22. The average Bonchev–Trinajstić information content (AvgIpc) is 2.16. The molecule has 0 saturated carbocycles. The van der Waals surface area contributed by atoms with Gasteiger partial charge in [-0.3, -0.25) is 0 Å². The van der Waals surface area contributed by atoms with E-state index in [0.29, 0.717) is 0 Å². The molecule has 0 radical (unpaired) electrons. The molecule has 1 aliphatic rings. The summed E-state index contributed by atoms with van der Waals surface area (Å²) >= 11 is 0. The molecule has 15 heavy (non-hydrogen) atoms. The van der Waals surface area contributed by atoms with Gasteiger partial charge in [-0.2, -0.15) is 0 Å². The van der Waals surface area contributed by atoms with E-state index in [0.717, 1.165) is 18.8 Å². The molecule has 1 saturated heterocycles. The van der Waals surface area contributed by atoms with Crippen LogP contribution in [0.3, 0.4) is 0 Å². The van der Waals surface area contributed by atoms with Crippen molar-refractivity contribution >= 4 is 5.69 Å². The normalized spacial score (nSPS) is 18.1. The van der Waals surface area contributed by atoms with Crippen LogP contribution >= 0.6 is 0 Å². The molecule has 3 heteroatoms. The van der Waals surface area contributed by atoms with Crippen molar-refractivity contribution in [3.8, 4) is 5.75 Å². The van der Waals surface area contributed by atoms with Gasteiger partial charge in [0.25, 0.3) is 0 Å². The number of anilines is 1. The van der Waals surface area contributed by atoms with Gasteiger partial charge < -0.3 is 15.0 Å². The predicted octanol–water partition coefficient (Wildman–Crippen LogP) is 1.49. The van der Waals surface area contributed by atoms with Gasteiger partial charge in [0.2, 0.25) is 0 Å². The standard InChI is InChI=1S/C12H18N2O/c1-12(8-13-9-12)15-11-6-4-10(5-7-11)14(2)3/h4-7,13H,8-9H2,1-3H3. The summed E-state index contributed by atoms with van der Waals surface area (Å²) in [6.07, 6.45) is 0. The Morgan fingerprint density at radius 2 is 1.80 bits per heavy atom. The molecule has 1 fully saturated rings. The molecule has 0 bridgehead atoms. The molecule has 0 amide bonds. The Labute approximate surface area is 91.0 Å². The highest BCUT2D eigenvalue weighted by Crippen LogP contribution is 2.23. The van der Waals surface area contributed by atoms with Crippen molar-refractivity contribution in [2.24, 2.45) is 0 Å². The first kappa shape index (κ1) is 10.3. The topological polar surface area (TPSA) is 24.5 Å². The Balaban J connectivity index is 2.04. The smallest absolute Gasteiger partial charge is 0.131 e. The zero-order valence-electron chi connectivity index (χ0n) is 9.58. The Hall–Kier alpha value is -1.22. The van der Waals surface area contributed by atoms with E-state index in [9.17, 15) is 0 Å². The first-order chi connectivity index (χ1) is 7.09. The van der Waals surface area contributed by atoms with Crippen molar-refractivity contribution in [1.82, 2.24) is 5.32 Å². The van der Waals surface area contributed by atoms with E-state index in [1.807, 2.05) is 26.2 Å². The van der Waals surface area contributed by atoms with E-state index in [4.69, 9.17) is 4.74 Å². The highest BCUT2D eigenvalue weighted by Gasteiger charge is 2.33. The van der Waals surface area contributed by atoms with Crippen molar-refractivity contribution in [2.75, 3.05) is 32.1 Å². The molecule has 0 aromatic heterocycles. The van der Waals surface area contributed by atoms with Crippen LogP contribution in [0.4, 0.5) is 5.69 Å². The highest BCUT2D eigenvalue weighted by atomic mass is 16.5. The lowest BCUT2D eigenvalue weighted by molar-refractivity contribution is 0.0349. The van der Waals surface area contributed by atoms with E-state index in [1.54, 1.807) is 0 Å². The van der Waals surface area contributed by atoms with Crippen LogP contribution in [0.25, 0.3) is 0 Å². The second-order valence-corrected chi connectivity index (χ2v) is 4.54. The van der Waals surface area contributed by atoms with Gasteiger partial charge in [-0.15, -0.1) is 0 Å². The van der Waals surface area contributed by atoms with E-state index in [-0.39, 0.29) is 5.60 Å². The second kappa shape index (κ2) is 3.74. The van der Waals surface area contributed by atoms with Gasteiger partial charge in [0.15, 0.2) is 0 Å². The van der Waals surface area contributed by atoms with Crippen molar-refractivity contribution in [3.05, 3.63) is 24.3 Å². The van der Waals surface area contributed by atoms with E-state index >= 15 is 0 Å². The van der Waals surface area contributed by atoms with Gasteiger partial charge in [-0.05, 0) is 31.2 Å². The van der Waals surface area contributed by atoms with E-state index < -0.39 is 0 Å². The van der Waals surface area contributed by atoms with Crippen molar-refractivity contribution in [2.45, 2.75) is 12.5 Å². The van der Waals surface area contributed by atoms with Gasteiger partial charge in [0.05, 0.1) is 0 Å². The lowest BCUT2D eigenvalue weighted by Gasteiger charge is -2.39. The first-order valence-electron chi connectivity index (χ1n) is 5.26. The maximum Gasteiger partial charge on any atom is 0.131 e. The minimum Gasteiger partial charge on any atom is -0.485 e. The minimum atomic E-state index is -0.0143. The van der Waals surface area contributed by atoms with Crippen LogP contribution in [-0.4, -0.2) is 32.8 Å². The van der Waals surface area contributed by atoms with E-state index in [1.165, 1.54) is 5.69 Å². The highest BCUT2D eigenvalue weighted by molar-refractivity contribution is 5.47. The monoisotopic (exact) mass is 206 g/mol. The maximum atomic E-state index is 5.89. The zero-order chi connectivity index (χ0) is 10.9. The Morgan fingerprint density at radius 3 is 2.20 bits per heavy atom. The molecule has 1 N–H and O–H groups in total. The second-order valence-electron chi connectivity index (χ2n) is 4.54. The van der Waals surface area contributed by atoms with Crippen LogP contribution in [0.1, 0.15) is 6.92 Å². The molecule has 1 aliphatic heterocycles. The molecule has 0 spiro atoms. The molecule has 82 valence electrons. The molecule has 1 heterocycles. The fourth-order valence-electron chi connectivity index (χ4n) is 1.65. The molecule has 0 aliphatic carbocycles. The number of hydrogen-bond donors (Lipinski definition) is 1. The molecular weight excluding hydrogens is 188 g/mol. The number of benzene rings is 1. The van der Waals surface area contributed by atoms with Crippen LogP contribution in [-0.2, 0) is 0 Å². The Bertz CT molecular complexity index is 328. The first-order valence-corrected chi connectivity index (χ1v) is 5.26. The summed E-state index contributed by atoms with van der Waals surface area (Å²) < 4.78 is 5.89. The van der Waals surface area contributed by atoms with Gasteiger partial charge in [0, 0.05) is 32.9 Å². The van der Waals surface area contributed by atoms with E-state index in [2.05, 4.69) is 29.3 Å². The number of ether oxygens (including phenoxy) is 1. The number of hydrogen-bond acceptors (Lipinski definition) is 3. The number of nitrogens with zero attached hydrogens (tertiary/aromatic N) is 1. The average molecular weight is 206 g/mol. The van der Waals surface area contributed by atoms with Gasteiger partial charge in [0.1, 0.15) is 11.4 Å². The Kier molecular flexibility index (Phi) is 2.57. The van der Waals surface area contributed by atoms with Crippen molar-refractivity contribution < 1.29 is 4.74 Å². The number of nitrogens with one attached hydrogen (secondary N) is 1. The van der Waals surface area contributed by atoms with Crippen molar-refractivity contribution in [1.29, 1.82) is 0 Å². The van der Waals surface area contributed by atoms with Crippen molar-refractivity contribution in [3.63, 3.8) is 0 Å². The zero-order valence-corrected chi connectivity index (χ0v) is 9.58. The van der Waals surface area contributed by atoms with Gasteiger partial charge in [-0.25, -0.2) is 0 Å². The number of rotatable bonds is 3. The summed E-state index contributed by atoms with van der Waals surface area (Å²) in [4.78, 5) is 2.08. The third kappa shape index (κ3) is 2.23. The van der Waals surface area contributed by atoms with Gasteiger partial charge in [-0.1, -0.05) is 0 Å². The van der Waals surface area contributed by atoms with Crippen LogP contribution < -0.4 is 15.0 Å².